The molecule has 118 valence electrons. The summed E-state index contributed by atoms with van der Waals surface area (Å²) >= 11 is 1.53. The molecule has 1 unspecified atom stereocenters. The zero-order valence-electron chi connectivity index (χ0n) is 12.8. The fraction of sp³-hybridized carbons (Fsp3) is 0.222. The Labute approximate surface area is 139 Å². The van der Waals surface area contributed by atoms with Crippen LogP contribution >= 0.6 is 11.3 Å². The van der Waals surface area contributed by atoms with Gasteiger partial charge in [-0.2, -0.15) is 0 Å². The lowest BCUT2D eigenvalue weighted by Gasteiger charge is -2.21. The van der Waals surface area contributed by atoms with Crippen LogP contribution in [0.15, 0.2) is 47.9 Å². The number of para-hydroxylation sites is 1. The van der Waals surface area contributed by atoms with Gasteiger partial charge in [0.15, 0.2) is 6.10 Å². The molecule has 0 spiro atoms. The summed E-state index contributed by atoms with van der Waals surface area (Å²) in [5, 5.41) is 1.93. The molecule has 0 aliphatic carbocycles. The first-order valence-corrected chi connectivity index (χ1v) is 8.34. The maximum absolute atomic E-state index is 12.5. The van der Waals surface area contributed by atoms with Crippen LogP contribution in [0.25, 0.3) is 6.08 Å². The number of carbonyl (C=O) groups excluding carboxylic acids is 2. The van der Waals surface area contributed by atoms with Crippen LogP contribution in [0.3, 0.4) is 0 Å². The highest BCUT2D eigenvalue weighted by molar-refractivity contribution is 7.10. The van der Waals surface area contributed by atoms with E-state index in [9.17, 15) is 9.59 Å². The van der Waals surface area contributed by atoms with E-state index < -0.39 is 12.1 Å². The zero-order valence-corrected chi connectivity index (χ0v) is 13.6. The monoisotopic (exact) mass is 327 g/mol. The lowest BCUT2D eigenvalue weighted by Crippen LogP contribution is -2.38. The third kappa shape index (κ3) is 3.51. The molecule has 0 fully saturated rings. The molecule has 0 saturated carbocycles. The summed E-state index contributed by atoms with van der Waals surface area (Å²) in [6.45, 7) is 2.24. The van der Waals surface area contributed by atoms with Crippen LogP contribution in [0.5, 0.6) is 0 Å². The highest BCUT2D eigenvalue weighted by Gasteiger charge is 2.29. The first kappa shape index (κ1) is 15.5. The summed E-state index contributed by atoms with van der Waals surface area (Å²) in [5.74, 6) is -0.695. The second kappa shape index (κ2) is 6.79. The van der Waals surface area contributed by atoms with Crippen molar-refractivity contribution in [3.8, 4) is 0 Å². The van der Waals surface area contributed by atoms with Crippen molar-refractivity contribution < 1.29 is 14.3 Å². The van der Waals surface area contributed by atoms with E-state index in [2.05, 4.69) is 0 Å². The zero-order chi connectivity index (χ0) is 16.2. The largest absolute Gasteiger partial charge is 0.449 e. The van der Waals surface area contributed by atoms with Gasteiger partial charge in [-0.05, 0) is 42.5 Å². The summed E-state index contributed by atoms with van der Waals surface area (Å²) in [6, 6.07) is 11.6. The molecule has 1 aliphatic heterocycles. The standard InChI is InChI=1S/C18H17NO3S/c1-13(22-17(20)9-8-15-6-4-12-23-15)18(21)19-11-10-14-5-2-3-7-16(14)19/h2-9,12-13H,10-11H2,1H3/b9-8+. The average molecular weight is 327 g/mol. The van der Waals surface area contributed by atoms with E-state index in [-0.39, 0.29) is 5.91 Å². The van der Waals surface area contributed by atoms with Crippen molar-refractivity contribution in [2.24, 2.45) is 0 Å². The Kier molecular flexibility index (Phi) is 4.57. The lowest BCUT2D eigenvalue weighted by atomic mass is 10.2. The molecular weight excluding hydrogens is 310 g/mol. The molecule has 2 heterocycles. The molecule has 23 heavy (non-hydrogen) atoms. The number of thiophene rings is 1. The van der Waals surface area contributed by atoms with E-state index in [1.807, 2.05) is 41.8 Å². The van der Waals surface area contributed by atoms with E-state index in [1.165, 1.54) is 17.4 Å². The van der Waals surface area contributed by atoms with E-state index in [1.54, 1.807) is 17.9 Å². The van der Waals surface area contributed by atoms with E-state index in [0.29, 0.717) is 6.54 Å². The fourth-order valence-corrected chi connectivity index (χ4v) is 3.20. The number of carbonyl (C=O) groups is 2. The number of esters is 1. The molecule has 3 rings (SSSR count). The number of fused-ring (bicyclic) bond motifs is 1. The van der Waals surface area contributed by atoms with Gasteiger partial charge in [0.1, 0.15) is 0 Å². The topological polar surface area (TPSA) is 46.6 Å². The van der Waals surface area contributed by atoms with Gasteiger partial charge in [0.05, 0.1) is 0 Å². The second-order valence-electron chi connectivity index (χ2n) is 5.30. The molecule has 0 saturated heterocycles. The second-order valence-corrected chi connectivity index (χ2v) is 6.28. The Morgan fingerprint density at radius 1 is 1.26 bits per heavy atom. The number of rotatable bonds is 4. The Balaban J connectivity index is 1.61. The normalized spacial score (nSPS) is 14.7. The fourth-order valence-electron chi connectivity index (χ4n) is 2.59. The molecular formula is C18H17NO3S. The van der Waals surface area contributed by atoms with Gasteiger partial charge >= 0.3 is 5.97 Å². The maximum atomic E-state index is 12.5. The Hall–Kier alpha value is -2.40. The van der Waals surface area contributed by atoms with Gasteiger partial charge in [-0.15, -0.1) is 11.3 Å². The van der Waals surface area contributed by atoms with E-state index >= 15 is 0 Å². The maximum Gasteiger partial charge on any atom is 0.331 e. The lowest BCUT2D eigenvalue weighted by molar-refractivity contribution is -0.149. The quantitative estimate of drug-likeness (QED) is 0.639. The number of hydrogen-bond donors (Lipinski definition) is 0. The van der Waals surface area contributed by atoms with Gasteiger partial charge in [0.2, 0.25) is 0 Å². The van der Waals surface area contributed by atoms with Crippen molar-refractivity contribution >= 4 is 35.0 Å². The molecule has 2 aromatic rings. The number of ether oxygens (including phenoxy) is 1. The minimum Gasteiger partial charge on any atom is -0.449 e. The predicted molar refractivity (Wildman–Crippen MR) is 91.4 cm³/mol. The summed E-state index contributed by atoms with van der Waals surface area (Å²) in [4.78, 5) is 27.0. The molecule has 5 heteroatoms. The van der Waals surface area contributed by atoms with Crippen LogP contribution in [0, 0.1) is 0 Å². The molecule has 0 radical (unpaired) electrons. The molecule has 1 aromatic heterocycles. The summed E-state index contributed by atoms with van der Waals surface area (Å²) in [7, 11) is 0. The Morgan fingerprint density at radius 3 is 2.87 bits per heavy atom. The smallest absolute Gasteiger partial charge is 0.331 e. The van der Waals surface area contributed by atoms with Crippen molar-refractivity contribution in [3.05, 3.63) is 58.3 Å². The molecule has 0 N–H and O–H groups in total. The minimum absolute atomic E-state index is 0.187. The molecule has 0 bridgehead atoms. The number of anilines is 1. The van der Waals surface area contributed by atoms with Crippen molar-refractivity contribution in [2.45, 2.75) is 19.4 Å². The van der Waals surface area contributed by atoms with Crippen LogP contribution < -0.4 is 4.90 Å². The molecule has 1 amide bonds. The summed E-state index contributed by atoms with van der Waals surface area (Å²) in [5.41, 5.74) is 2.06. The van der Waals surface area contributed by atoms with Crippen LogP contribution in [-0.4, -0.2) is 24.5 Å². The van der Waals surface area contributed by atoms with Crippen molar-refractivity contribution in [3.63, 3.8) is 0 Å². The first-order chi connectivity index (χ1) is 11.1. The van der Waals surface area contributed by atoms with Gasteiger partial charge in [-0.25, -0.2) is 4.79 Å². The van der Waals surface area contributed by atoms with Crippen molar-refractivity contribution in [1.29, 1.82) is 0 Å². The summed E-state index contributed by atoms with van der Waals surface area (Å²) < 4.78 is 5.23. The van der Waals surface area contributed by atoms with Gasteiger partial charge in [0, 0.05) is 23.2 Å². The third-order valence-electron chi connectivity index (χ3n) is 3.72. The van der Waals surface area contributed by atoms with Gasteiger partial charge in [-0.3, -0.25) is 4.79 Å². The summed E-state index contributed by atoms with van der Waals surface area (Å²) in [6.07, 6.45) is 3.07. The molecule has 1 atom stereocenters. The predicted octanol–water partition coefficient (Wildman–Crippen LogP) is 3.28. The van der Waals surface area contributed by atoms with Gasteiger partial charge in [-0.1, -0.05) is 24.3 Å². The number of nitrogens with zero attached hydrogens (tertiary/aromatic N) is 1. The van der Waals surface area contributed by atoms with E-state index in [0.717, 1.165) is 22.5 Å². The van der Waals surface area contributed by atoms with Crippen LogP contribution in [0.2, 0.25) is 0 Å². The van der Waals surface area contributed by atoms with E-state index in [4.69, 9.17) is 4.74 Å². The molecule has 4 nitrogen and oxygen atoms in total. The van der Waals surface area contributed by atoms with Crippen molar-refractivity contribution in [2.75, 3.05) is 11.4 Å². The highest BCUT2D eigenvalue weighted by Crippen LogP contribution is 2.28. The number of amides is 1. The average Bonchev–Trinajstić information content (AvgIpc) is 3.21. The Morgan fingerprint density at radius 2 is 2.09 bits per heavy atom. The number of hydrogen-bond acceptors (Lipinski definition) is 4. The van der Waals surface area contributed by atoms with Crippen LogP contribution in [0.4, 0.5) is 5.69 Å². The minimum atomic E-state index is -0.804. The Bertz CT molecular complexity index is 736. The first-order valence-electron chi connectivity index (χ1n) is 7.46. The van der Waals surface area contributed by atoms with Crippen LogP contribution in [0.1, 0.15) is 17.4 Å². The third-order valence-corrected chi connectivity index (χ3v) is 4.56. The SMILES string of the molecule is CC(OC(=O)/C=C/c1cccs1)C(=O)N1CCc2ccccc21. The van der Waals surface area contributed by atoms with Crippen molar-refractivity contribution in [1.82, 2.24) is 0 Å². The molecule has 1 aromatic carbocycles. The molecule has 1 aliphatic rings. The number of benzene rings is 1. The van der Waals surface area contributed by atoms with Gasteiger partial charge in [0.25, 0.3) is 5.91 Å². The van der Waals surface area contributed by atoms with Gasteiger partial charge < -0.3 is 9.64 Å². The van der Waals surface area contributed by atoms with Crippen LogP contribution in [-0.2, 0) is 20.7 Å². The highest BCUT2D eigenvalue weighted by atomic mass is 32.1.